The van der Waals surface area contributed by atoms with Gasteiger partial charge in [0.25, 0.3) is 5.56 Å². The highest BCUT2D eigenvalue weighted by atomic mass is 35.5. The second-order valence-electron chi connectivity index (χ2n) is 8.90. The molecule has 0 amide bonds. The second kappa shape index (κ2) is 8.17. The van der Waals surface area contributed by atoms with Crippen molar-refractivity contribution in [2.75, 3.05) is 0 Å². The Morgan fingerprint density at radius 3 is 2.42 bits per heavy atom. The van der Waals surface area contributed by atoms with Gasteiger partial charge < -0.3 is 9.67 Å². The molecule has 3 aromatic heterocycles. The summed E-state index contributed by atoms with van der Waals surface area (Å²) in [6.07, 6.45) is 3.29. The van der Waals surface area contributed by atoms with E-state index < -0.39 is 5.60 Å². The Morgan fingerprint density at radius 1 is 0.944 bits per heavy atom. The van der Waals surface area contributed by atoms with E-state index in [1.54, 1.807) is 64.8 Å². The maximum atomic E-state index is 13.1. The fourth-order valence-electron chi connectivity index (χ4n) is 5.03. The zero-order valence-electron chi connectivity index (χ0n) is 19.4. The summed E-state index contributed by atoms with van der Waals surface area (Å²) >= 11 is 12.5. The number of nitrogens with zero attached hydrogens (tertiary/aromatic N) is 4. The molecule has 178 valence electrons. The van der Waals surface area contributed by atoms with E-state index in [2.05, 4.69) is 4.98 Å². The monoisotopic (exact) mass is 514 g/mol. The zero-order chi connectivity index (χ0) is 25.2. The Kier molecular flexibility index (Phi) is 5.16. The predicted molar refractivity (Wildman–Crippen MR) is 142 cm³/mol. The van der Waals surface area contributed by atoms with Crippen molar-refractivity contribution in [1.29, 1.82) is 0 Å². The quantitative estimate of drug-likeness (QED) is 0.333. The summed E-state index contributed by atoms with van der Waals surface area (Å²) in [6.45, 7) is 1.80. The Morgan fingerprint density at radius 2 is 1.72 bits per heavy atom. The highest BCUT2D eigenvalue weighted by Gasteiger charge is 2.37. The minimum atomic E-state index is -1.57. The average Bonchev–Trinajstić information content (AvgIpc) is 3.44. The van der Waals surface area contributed by atoms with Crippen molar-refractivity contribution in [3.63, 3.8) is 0 Å². The van der Waals surface area contributed by atoms with Gasteiger partial charge in [0.2, 0.25) is 0 Å². The first kappa shape index (κ1) is 22.7. The molecule has 6 aromatic rings. The molecule has 3 heterocycles. The SMILES string of the molecule is Cc1nc2cc(C(O)(c3ccc(Cl)cc3)c3cncn3C)cc3c(-c4cccc(Cl)c4)cc(=O)n1c23. The fourth-order valence-corrected chi connectivity index (χ4v) is 5.35. The van der Waals surface area contributed by atoms with E-state index in [4.69, 9.17) is 28.2 Å². The van der Waals surface area contributed by atoms with Crippen molar-refractivity contribution < 1.29 is 5.11 Å². The molecular formula is C28H20Cl2N4O2. The molecule has 0 saturated heterocycles. The molecule has 6 rings (SSSR count). The van der Waals surface area contributed by atoms with E-state index in [0.717, 1.165) is 10.9 Å². The molecule has 0 spiro atoms. The van der Waals surface area contributed by atoms with Crippen molar-refractivity contribution in [1.82, 2.24) is 18.9 Å². The van der Waals surface area contributed by atoms with Gasteiger partial charge in [-0.25, -0.2) is 9.97 Å². The number of aryl methyl sites for hydroxylation is 2. The molecule has 0 bridgehead atoms. The maximum Gasteiger partial charge on any atom is 0.257 e. The molecule has 0 fully saturated rings. The molecule has 1 atom stereocenters. The van der Waals surface area contributed by atoms with Crippen molar-refractivity contribution in [3.8, 4) is 11.1 Å². The first-order chi connectivity index (χ1) is 17.3. The Bertz CT molecular complexity index is 1820. The van der Waals surface area contributed by atoms with Crippen LogP contribution >= 0.6 is 23.2 Å². The van der Waals surface area contributed by atoms with Crippen LogP contribution in [-0.2, 0) is 12.6 Å². The van der Waals surface area contributed by atoms with Crippen molar-refractivity contribution in [2.24, 2.45) is 7.05 Å². The molecule has 1 N–H and O–H groups in total. The van der Waals surface area contributed by atoms with Crippen LogP contribution in [0.3, 0.4) is 0 Å². The molecule has 0 aliphatic carbocycles. The number of aromatic nitrogens is 4. The van der Waals surface area contributed by atoms with Gasteiger partial charge in [-0.1, -0.05) is 47.5 Å². The summed E-state index contributed by atoms with van der Waals surface area (Å²) in [4.78, 5) is 22.1. The van der Waals surface area contributed by atoms with Crippen molar-refractivity contribution in [2.45, 2.75) is 12.5 Å². The number of rotatable bonds is 4. The van der Waals surface area contributed by atoms with Gasteiger partial charge in [0.1, 0.15) is 5.82 Å². The lowest BCUT2D eigenvalue weighted by Crippen LogP contribution is -2.31. The van der Waals surface area contributed by atoms with Gasteiger partial charge in [-0.2, -0.15) is 0 Å². The number of pyridine rings is 1. The number of hydrogen-bond acceptors (Lipinski definition) is 4. The first-order valence-corrected chi connectivity index (χ1v) is 12.0. The summed E-state index contributed by atoms with van der Waals surface area (Å²) in [7, 11) is 1.83. The molecule has 0 radical (unpaired) electrons. The molecule has 3 aromatic carbocycles. The summed E-state index contributed by atoms with van der Waals surface area (Å²) in [5, 5.41) is 14.4. The number of imidazole rings is 2. The van der Waals surface area contributed by atoms with Gasteiger partial charge in [0.05, 0.1) is 29.3 Å². The lowest BCUT2D eigenvalue weighted by Gasteiger charge is -2.30. The molecule has 6 nitrogen and oxygen atoms in total. The van der Waals surface area contributed by atoms with E-state index in [0.29, 0.717) is 49.3 Å². The molecule has 8 heteroatoms. The van der Waals surface area contributed by atoms with E-state index in [-0.39, 0.29) is 5.56 Å². The topological polar surface area (TPSA) is 72.4 Å². The molecule has 36 heavy (non-hydrogen) atoms. The van der Waals surface area contributed by atoms with Crippen molar-refractivity contribution in [3.05, 3.63) is 122 Å². The standard InChI is InChI=1S/C28H20Cl2N4O2/c1-16-32-24-12-19(28(36,25-14-31-15-33(25)2)18-6-8-20(29)9-7-18)11-23-22(13-26(35)34(16)27(23)24)17-4-3-5-21(30)10-17/h3-15,36H,1-2H3. The van der Waals surface area contributed by atoms with Gasteiger partial charge in [0.15, 0.2) is 5.60 Å². The van der Waals surface area contributed by atoms with Crippen LogP contribution in [0.5, 0.6) is 0 Å². The van der Waals surface area contributed by atoms with Crippen LogP contribution in [0.25, 0.3) is 27.5 Å². The third-order valence-electron chi connectivity index (χ3n) is 6.70. The average molecular weight is 515 g/mol. The van der Waals surface area contributed by atoms with Crippen LogP contribution in [-0.4, -0.2) is 24.0 Å². The minimum absolute atomic E-state index is 0.176. The van der Waals surface area contributed by atoms with Gasteiger partial charge in [-0.15, -0.1) is 0 Å². The summed E-state index contributed by atoms with van der Waals surface area (Å²) in [5.74, 6) is 0.574. The Labute approximate surface area is 216 Å². The molecule has 0 aliphatic heterocycles. The summed E-state index contributed by atoms with van der Waals surface area (Å²) < 4.78 is 3.39. The molecule has 0 aliphatic rings. The van der Waals surface area contributed by atoms with Gasteiger partial charge in [-0.3, -0.25) is 9.20 Å². The summed E-state index contributed by atoms with van der Waals surface area (Å²) in [6, 6.07) is 19.8. The van der Waals surface area contributed by atoms with Crippen LogP contribution in [0.2, 0.25) is 10.0 Å². The van der Waals surface area contributed by atoms with Gasteiger partial charge in [-0.05, 0) is 65.6 Å². The molecule has 0 saturated carbocycles. The van der Waals surface area contributed by atoms with Crippen LogP contribution in [0.4, 0.5) is 0 Å². The largest absolute Gasteiger partial charge is 0.374 e. The van der Waals surface area contributed by atoms with Crippen LogP contribution < -0.4 is 5.56 Å². The van der Waals surface area contributed by atoms with Crippen LogP contribution in [0, 0.1) is 6.92 Å². The number of hydrogen-bond donors (Lipinski definition) is 1. The van der Waals surface area contributed by atoms with Crippen molar-refractivity contribution >= 4 is 39.6 Å². The number of benzene rings is 3. The lowest BCUT2D eigenvalue weighted by atomic mass is 9.82. The van der Waals surface area contributed by atoms with Crippen LogP contribution in [0.1, 0.15) is 22.6 Å². The number of aliphatic hydroxyl groups is 1. The van der Waals surface area contributed by atoms with E-state index >= 15 is 0 Å². The summed E-state index contributed by atoms with van der Waals surface area (Å²) in [5.41, 5.74) is 2.86. The molecular weight excluding hydrogens is 495 g/mol. The van der Waals surface area contributed by atoms with Crippen LogP contribution in [0.15, 0.2) is 84.0 Å². The minimum Gasteiger partial charge on any atom is -0.374 e. The van der Waals surface area contributed by atoms with E-state index in [9.17, 15) is 9.90 Å². The third-order valence-corrected chi connectivity index (χ3v) is 7.19. The number of halogens is 2. The second-order valence-corrected chi connectivity index (χ2v) is 9.77. The van der Waals surface area contributed by atoms with E-state index in [1.807, 2.05) is 37.4 Å². The smallest absolute Gasteiger partial charge is 0.257 e. The fraction of sp³-hybridized carbons (Fsp3) is 0.107. The third kappa shape index (κ3) is 3.33. The highest BCUT2D eigenvalue weighted by molar-refractivity contribution is 6.31. The predicted octanol–water partition coefficient (Wildman–Crippen LogP) is 5.59. The maximum absolute atomic E-state index is 13.1. The Hall–Kier alpha value is -3.71. The van der Waals surface area contributed by atoms with Gasteiger partial charge in [0, 0.05) is 28.5 Å². The normalized spacial score (nSPS) is 13.5. The zero-order valence-corrected chi connectivity index (χ0v) is 20.9. The Balaban J connectivity index is 1.74. The lowest BCUT2D eigenvalue weighted by molar-refractivity contribution is 0.117. The first-order valence-electron chi connectivity index (χ1n) is 11.3. The highest BCUT2D eigenvalue weighted by Crippen LogP contribution is 2.41. The molecule has 1 unspecified atom stereocenters. The van der Waals surface area contributed by atoms with Gasteiger partial charge >= 0.3 is 0 Å². The van der Waals surface area contributed by atoms with E-state index in [1.165, 1.54) is 0 Å².